The van der Waals surface area contributed by atoms with Gasteiger partial charge in [-0.15, -0.1) is 0 Å². The quantitative estimate of drug-likeness (QED) is 0.542. The summed E-state index contributed by atoms with van der Waals surface area (Å²) < 4.78 is 10.7. The summed E-state index contributed by atoms with van der Waals surface area (Å²) in [5.41, 5.74) is 3.76. The number of amides is 2. The van der Waals surface area contributed by atoms with Crippen LogP contribution in [0.2, 0.25) is 0 Å². The van der Waals surface area contributed by atoms with E-state index >= 15 is 0 Å². The standard InChI is InChI=1S/C22H16N4O4/c1-12-20-15(10-16(25-22(20)30-26-12)13-5-3-2-4-6-13)21(28)23-14-7-8-18-17(9-14)24-19(27)11-29-18/h2-10H,11H2,1H3,(H,23,28)(H,24,27). The second-order valence-electron chi connectivity index (χ2n) is 6.87. The number of benzene rings is 2. The highest BCUT2D eigenvalue weighted by atomic mass is 16.5. The van der Waals surface area contributed by atoms with Gasteiger partial charge in [0.05, 0.1) is 28.0 Å². The number of nitrogens with one attached hydrogen (secondary N) is 2. The van der Waals surface area contributed by atoms with Gasteiger partial charge in [0, 0.05) is 11.3 Å². The smallest absolute Gasteiger partial charge is 0.262 e. The number of aryl methyl sites for hydroxylation is 1. The maximum atomic E-state index is 13.2. The SMILES string of the molecule is Cc1noc2nc(-c3ccccc3)cc(C(=O)Nc3ccc4c(c3)NC(=O)CO4)c12. The number of rotatable bonds is 3. The van der Waals surface area contributed by atoms with Gasteiger partial charge in [0.25, 0.3) is 17.5 Å². The van der Waals surface area contributed by atoms with E-state index in [0.29, 0.717) is 45.2 Å². The predicted molar refractivity (Wildman–Crippen MR) is 110 cm³/mol. The van der Waals surface area contributed by atoms with E-state index in [4.69, 9.17) is 9.26 Å². The van der Waals surface area contributed by atoms with Crippen molar-refractivity contribution < 1.29 is 18.8 Å². The zero-order valence-electron chi connectivity index (χ0n) is 15.9. The highest BCUT2D eigenvalue weighted by Gasteiger charge is 2.21. The number of pyridine rings is 1. The average Bonchev–Trinajstić information content (AvgIpc) is 3.14. The molecule has 2 aromatic carbocycles. The summed E-state index contributed by atoms with van der Waals surface area (Å²) in [5.74, 6) is -0.0246. The highest BCUT2D eigenvalue weighted by Crippen LogP contribution is 2.32. The van der Waals surface area contributed by atoms with Crippen LogP contribution in [0.1, 0.15) is 16.1 Å². The number of hydrogen-bond donors (Lipinski definition) is 2. The minimum atomic E-state index is -0.339. The molecule has 148 valence electrons. The highest BCUT2D eigenvalue weighted by molar-refractivity contribution is 6.13. The molecule has 0 saturated carbocycles. The Kier molecular flexibility index (Phi) is 4.17. The van der Waals surface area contributed by atoms with Gasteiger partial charge in [0.1, 0.15) is 5.75 Å². The summed E-state index contributed by atoms with van der Waals surface area (Å²) in [5, 5.41) is 10.1. The summed E-state index contributed by atoms with van der Waals surface area (Å²) in [7, 11) is 0. The van der Waals surface area contributed by atoms with Crippen LogP contribution < -0.4 is 15.4 Å². The molecule has 0 spiro atoms. The Morgan fingerprint density at radius 2 is 1.97 bits per heavy atom. The fraction of sp³-hybridized carbons (Fsp3) is 0.0909. The molecular weight excluding hydrogens is 384 g/mol. The van der Waals surface area contributed by atoms with Gasteiger partial charge in [0.15, 0.2) is 6.61 Å². The van der Waals surface area contributed by atoms with Crippen LogP contribution in [0, 0.1) is 6.92 Å². The van der Waals surface area contributed by atoms with E-state index in [1.165, 1.54) is 0 Å². The zero-order valence-corrected chi connectivity index (χ0v) is 15.9. The number of carbonyl (C=O) groups is 2. The van der Waals surface area contributed by atoms with Gasteiger partial charge in [-0.3, -0.25) is 9.59 Å². The summed E-state index contributed by atoms with van der Waals surface area (Å²) in [6.45, 7) is 1.74. The van der Waals surface area contributed by atoms with Crippen LogP contribution in [0.4, 0.5) is 11.4 Å². The molecule has 1 aliphatic rings. The molecule has 2 aromatic heterocycles. The molecule has 4 aromatic rings. The molecule has 0 atom stereocenters. The Morgan fingerprint density at radius 3 is 2.80 bits per heavy atom. The lowest BCUT2D eigenvalue weighted by atomic mass is 10.0. The maximum Gasteiger partial charge on any atom is 0.262 e. The largest absolute Gasteiger partial charge is 0.482 e. The van der Waals surface area contributed by atoms with Crippen molar-refractivity contribution in [2.75, 3.05) is 17.2 Å². The predicted octanol–water partition coefficient (Wildman–Crippen LogP) is 3.78. The Hall–Kier alpha value is -4.20. The van der Waals surface area contributed by atoms with Gasteiger partial charge in [-0.1, -0.05) is 35.5 Å². The first-order valence-electron chi connectivity index (χ1n) is 9.29. The molecule has 5 rings (SSSR count). The lowest BCUT2D eigenvalue weighted by Gasteiger charge is -2.18. The molecule has 2 N–H and O–H groups in total. The third-order valence-corrected chi connectivity index (χ3v) is 4.80. The fourth-order valence-corrected chi connectivity index (χ4v) is 3.39. The van der Waals surface area contributed by atoms with Gasteiger partial charge >= 0.3 is 0 Å². The molecular formula is C22H16N4O4. The minimum Gasteiger partial charge on any atom is -0.482 e. The van der Waals surface area contributed by atoms with Crippen molar-refractivity contribution in [1.29, 1.82) is 0 Å². The van der Waals surface area contributed by atoms with Crippen LogP contribution in [-0.4, -0.2) is 28.6 Å². The van der Waals surface area contributed by atoms with Crippen molar-refractivity contribution >= 4 is 34.3 Å². The van der Waals surface area contributed by atoms with Gasteiger partial charge < -0.3 is 19.9 Å². The molecule has 0 saturated heterocycles. The molecule has 30 heavy (non-hydrogen) atoms. The van der Waals surface area contributed by atoms with Crippen molar-refractivity contribution in [1.82, 2.24) is 10.1 Å². The van der Waals surface area contributed by atoms with Crippen LogP contribution in [-0.2, 0) is 4.79 Å². The minimum absolute atomic E-state index is 0.0251. The number of aromatic nitrogens is 2. The van der Waals surface area contributed by atoms with Gasteiger partial charge in [-0.25, -0.2) is 4.98 Å². The number of ether oxygens (including phenoxy) is 1. The van der Waals surface area contributed by atoms with E-state index in [2.05, 4.69) is 20.8 Å². The zero-order chi connectivity index (χ0) is 20.7. The number of nitrogens with zero attached hydrogens (tertiary/aromatic N) is 2. The van der Waals surface area contributed by atoms with Crippen molar-refractivity contribution in [3.05, 3.63) is 65.9 Å². The number of hydrogen-bond acceptors (Lipinski definition) is 6. The Balaban J connectivity index is 1.54. The molecule has 8 nitrogen and oxygen atoms in total. The molecule has 2 amide bonds. The Bertz CT molecular complexity index is 1300. The van der Waals surface area contributed by atoms with Crippen molar-refractivity contribution in [2.45, 2.75) is 6.92 Å². The summed E-state index contributed by atoms with van der Waals surface area (Å²) in [6, 6.07) is 16.3. The van der Waals surface area contributed by atoms with Crippen molar-refractivity contribution in [3.8, 4) is 17.0 Å². The van der Waals surface area contributed by atoms with E-state index in [0.717, 1.165) is 5.56 Å². The first kappa shape index (κ1) is 17.9. The van der Waals surface area contributed by atoms with Crippen LogP contribution in [0.5, 0.6) is 5.75 Å². The average molecular weight is 400 g/mol. The van der Waals surface area contributed by atoms with Crippen molar-refractivity contribution in [3.63, 3.8) is 0 Å². The molecule has 3 heterocycles. The Morgan fingerprint density at radius 1 is 1.13 bits per heavy atom. The first-order chi connectivity index (χ1) is 14.6. The molecule has 0 unspecified atom stereocenters. The molecule has 0 radical (unpaired) electrons. The Labute approximate surface area is 170 Å². The topological polar surface area (TPSA) is 106 Å². The number of fused-ring (bicyclic) bond motifs is 2. The lowest BCUT2D eigenvalue weighted by molar-refractivity contribution is -0.118. The summed E-state index contributed by atoms with van der Waals surface area (Å²) in [6.07, 6.45) is 0. The summed E-state index contributed by atoms with van der Waals surface area (Å²) in [4.78, 5) is 29.2. The van der Waals surface area contributed by atoms with E-state index < -0.39 is 0 Å². The third kappa shape index (κ3) is 3.14. The fourth-order valence-electron chi connectivity index (χ4n) is 3.39. The number of anilines is 2. The second-order valence-corrected chi connectivity index (χ2v) is 6.87. The van der Waals surface area contributed by atoms with Crippen LogP contribution in [0.3, 0.4) is 0 Å². The molecule has 0 aliphatic carbocycles. The van der Waals surface area contributed by atoms with Gasteiger partial charge in [0.2, 0.25) is 0 Å². The maximum absolute atomic E-state index is 13.2. The second kappa shape index (κ2) is 7.00. The molecule has 0 bridgehead atoms. The van der Waals surface area contributed by atoms with Gasteiger partial charge in [-0.2, -0.15) is 0 Å². The van der Waals surface area contributed by atoms with E-state index in [9.17, 15) is 9.59 Å². The summed E-state index contributed by atoms with van der Waals surface area (Å²) >= 11 is 0. The van der Waals surface area contributed by atoms with E-state index in [1.807, 2.05) is 30.3 Å². The van der Waals surface area contributed by atoms with Gasteiger partial charge in [-0.05, 0) is 31.2 Å². The van der Waals surface area contributed by atoms with Crippen molar-refractivity contribution in [2.24, 2.45) is 0 Å². The van der Waals surface area contributed by atoms with Crippen LogP contribution in [0.25, 0.3) is 22.4 Å². The number of carbonyl (C=O) groups excluding carboxylic acids is 2. The monoisotopic (exact) mass is 400 g/mol. The third-order valence-electron chi connectivity index (χ3n) is 4.80. The van der Waals surface area contributed by atoms with Crippen LogP contribution in [0.15, 0.2) is 59.1 Å². The molecule has 1 aliphatic heterocycles. The van der Waals surface area contributed by atoms with E-state index in [1.54, 1.807) is 31.2 Å². The van der Waals surface area contributed by atoms with Crippen LogP contribution >= 0.6 is 0 Å². The van der Waals surface area contributed by atoms with E-state index in [-0.39, 0.29) is 18.4 Å². The first-order valence-corrected chi connectivity index (χ1v) is 9.29. The normalized spacial score (nSPS) is 12.8. The molecule has 8 heteroatoms. The lowest BCUT2D eigenvalue weighted by Crippen LogP contribution is -2.25. The molecule has 0 fully saturated rings.